The van der Waals surface area contributed by atoms with Crippen LogP contribution in [0.25, 0.3) is 0 Å². The zero-order chi connectivity index (χ0) is 17.7. The van der Waals surface area contributed by atoms with Gasteiger partial charge in [-0.05, 0) is 24.3 Å². The number of nitrogens with two attached hydrogens (primary N) is 1. The summed E-state index contributed by atoms with van der Waals surface area (Å²) in [4.78, 5) is 36.8. The van der Waals surface area contributed by atoms with Crippen LogP contribution in [-0.4, -0.2) is 49.7 Å². The van der Waals surface area contributed by atoms with Gasteiger partial charge in [0.2, 0.25) is 0 Å². The van der Waals surface area contributed by atoms with E-state index in [9.17, 15) is 14.4 Å². The van der Waals surface area contributed by atoms with Gasteiger partial charge in [-0.3, -0.25) is 14.8 Å². The molecule has 0 saturated heterocycles. The van der Waals surface area contributed by atoms with Crippen molar-refractivity contribution in [3.63, 3.8) is 0 Å². The van der Waals surface area contributed by atoms with Crippen molar-refractivity contribution in [2.75, 3.05) is 6.54 Å². The fourth-order valence-electron chi connectivity index (χ4n) is 0.979. The van der Waals surface area contributed by atoms with Crippen LogP contribution in [0.2, 0.25) is 0 Å². The largest absolute Gasteiger partial charge is 0.480 e. The van der Waals surface area contributed by atoms with Gasteiger partial charge in [-0.2, -0.15) is 0 Å². The molecule has 2 aromatic heterocycles. The Balaban J connectivity index is 0. The topological polar surface area (TPSA) is 164 Å². The number of rotatable bonds is 3. The summed E-state index contributed by atoms with van der Waals surface area (Å²) in [5, 5.41) is 24.3. The number of aromatic carboxylic acids is 2. The van der Waals surface area contributed by atoms with Gasteiger partial charge in [-0.1, -0.05) is 0 Å². The molecule has 2 heterocycles. The Labute approximate surface area is 147 Å². The number of nitrogens with zero attached hydrogens (tertiary/aromatic N) is 2. The van der Waals surface area contributed by atoms with E-state index >= 15 is 0 Å². The molecule has 128 valence electrons. The van der Waals surface area contributed by atoms with E-state index in [2.05, 4.69) is 15.7 Å². The first-order chi connectivity index (χ1) is 10.9. The van der Waals surface area contributed by atoms with Gasteiger partial charge in [0, 0.05) is 42.1 Å². The summed E-state index contributed by atoms with van der Waals surface area (Å²) < 4.78 is 0. The van der Waals surface area contributed by atoms with E-state index in [4.69, 9.17) is 15.3 Å². The van der Waals surface area contributed by atoms with Gasteiger partial charge in [0.1, 0.15) is 0 Å². The monoisotopic (exact) mass is 373 g/mol. The molecule has 0 aromatic carbocycles. The third-order valence-corrected chi connectivity index (χ3v) is 1.99. The number of carboxylic acids is 3. The fraction of sp³-hybridized carbons (Fsp3) is 0.0714. The number of pyridine rings is 2. The second-order valence-electron chi connectivity index (χ2n) is 3.69. The van der Waals surface area contributed by atoms with Crippen molar-refractivity contribution in [2.24, 2.45) is 5.73 Å². The molecule has 0 saturated carbocycles. The third kappa shape index (κ3) is 11.8. The van der Waals surface area contributed by atoms with Crippen molar-refractivity contribution in [2.45, 2.75) is 0 Å². The number of hydrogen-bond donors (Lipinski definition) is 4. The summed E-state index contributed by atoms with van der Waals surface area (Å²) in [6.07, 6.45) is 5.68. The van der Waals surface area contributed by atoms with Gasteiger partial charge < -0.3 is 21.1 Å². The predicted octanol–water partition coefficient (Wildman–Crippen LogP) is 0.587. The standard InChI is InChI=1S/2C6H5NO2.C2H5NO2.Cr/c2*8-6(9)5-2-1-3-7-4-5;3-1-2(4)5;/h2*1-4H,(H,8,9);1,3H2,(H,4,5);. The number of aromatic nitrogens is 2. The van der Waals surface area contributed by atoms with Crippen molar-refractivity contribution in [1.29, 1.82) is 0 Å². The molecule has 9 nitrogen and oxygen atoms in total. The zero-order valence-electron chi connectivity index (χ0n) is 12.3. The van der Waals surface area contributed by atoms with Gasteiger partial charge in [0.25, 0.3) is 0 Å². The Hall–Kier alpha value is -2.80. The molecule has 0 atom stereocenters. The van der Waals surface area contributed by atoms with Crippen LogP contribution in [0.3, 0.4) is 0 Å². The second kappa shape index (κ2) is 13.8. The summed E-state index contributed by atoms with van der Waals surface area (Å²) >= 11 is 0. The van der Waals surface area contributed by atoms with Crippen molar-refractivity contribution >= 4 is 17.9 Å². The van der Waals surface area contributed by atoms with E-state index in [1.165, 1.54) is 36.9 Å². The van der Waals surface area contributed by atoms with E-state index in [1.807, 2.05) is 0 Å². The molecule has 0 aliphatic rings. The molecule has 0 aliphatic carbocycles. The molecule has 0 unspecified atom stereocenters. The maximum Gasteiger partial charge on any atom is 0.337 e. The van der Waals surface area contributed by atoms with Crippen LogP contribution in [0.5, 0.6) is 0 Å². The van der Waals surface area contributed by atoms with Crippen LogP contribution in [0.4, 0.5) is 0 Å². The Kier molecular flexibility index (Phi) is 13.5. The molecule has 0 spiro atoms. The van der Waals surface area contributed by atoms with E-state index < -0.39 is 17.9 Å². The van der Waals surface area contributed by atoms with Crippen LogP contribution < -0.4 is 5.73 Å². The Bertz CT molecular complexity index is 575. The quantitative estimate of drug-likeness (QED) is 0.602. The minimum absolute atomic E-state index is 0. The summed E-state index contributed by atoms with van der Waals surface area (Å²) in [6.45, 7) is -0.278. The Morgan fingerprint density at radius 2 is 1.21 bits per heavy atom. The first-order valence-corrected chi connectivity index (χ1v) is 6.07. The smallest absolute Gasteiger partial charge is 0.337 e. The number of carboxylic acid groups (broad SMARTS) is 3. The minimum atomic E-state index is -0.968. The van der Waals surface area contributed by atoms with E-state index in [-0.39, 0.29) is 35.0 Å². The predicted molar refractivity (Wildman–Crippen MR) is 79.1 cm³/mol. The van der Waals surface area contributed by atoms with Gasteiger partial charge in [0.05, 0.1) is 17.7 Å². The molecule has 0 aliphatic heterocycles. The van der Waals surface area contributed by atoms with Crippen LogP contribution in [0, 0.1) is 0 Å². The van der Waals surface area contributed by atoms with Crippen LogP contribution in [0.1, 0.15) is 20.7 Å². The molecule has 10 heteroatoms. The van der Waals surface area contributed by atoms with Gasteiger partial charge >= 0.3 is 17.9 Å². The van der Waals surface area contributed by atoms with Crippen molar-refractivity contribution < 1.29 is 47.1 Å². The summed E-state index contributed by atoms with van der Waals surface area (Å²) in [6, 6.07) is 6.16. The molecule has 0 amide bonds. The normalized spacial score (nSPS) is 8.21. The summed E-state index contributed by atoms with van der Waals surface area (Å²) in [5.74, 6) is -2.85. The maximum absolute atomic E-state index is 10.2. The van der Waals surface area contributed by atoms with Crippen molar-refractivity contribution in [3.05, 3.63) is 60.2 Å². The van der Waals surface area contributed by atoms with E-state index in [0.717, 1.165) is 0 Å². The first-order valence-electron chi connectivity index (χ1n) is 6.07. The second-order valence-corrected chi connectivity index (χ2v) is 3.69. The zero-order valence-corrected chi connectivity index (χ0v) is 13.5. The molecular weight excluding hydrogens is 358 g/mol. The summed E-state index contributed by atoms with van der Waals surface area (Å²) in [7, 11) is 0. The first kappa shape index (κ1) is 23.5. The Morgan fingerprint density at radius 1 is 0.875 bits per heavy atom. The van der Waals surface area contributed by atoms with Crippen LogP contribution >= 0.6 is 0 Å². The van der Waals surface area contributed by atoms with Gasteiger partial charge in [-0.15, -0.1) is 0 Å². The van der Waals surface area contributed by atoms with Crippen LogP contribution in [-0.2, 0) is 22.2 Å². The molecule has 0 radical (unpaired) electrons. The molecule has 2 aromatic rings. The molecule has 24 heavy (non-hydrogen) atoms. The maximum atomic E-state index is 10.2. The van der Waals surface area contributed by atoms with E-state index in [1.54, 1.807) is 12.1 Å². The van der Waals surface area contributed by atoms with Gasteiger partial charge in [0.15, 0.2) is 0 Å². The third-order valence-electron chi connectivity index (χ3n) is 1.99. The molecule has 2 rings (SSSR count). The number of aliphatic carboxylic acids is 1. The number of carbonyl (C=O) groups is 3. The average Bonchev–Trinajstić information content (AvgIpc) is 2.57. The van der Waals surface area contributed by atoms with Crippen molar-refractivity contribution in [3.8, 4) is 0 Å². The van der Waals surface area contributed by atoms with Crippen molar-refractivity contribution in [1.82, 2.24) is 9.97 Å². The summed E-state index contributed by atoms with van der Waals surface area (Å²) in [5.41, 5.74) is 5.01. The number of hydrogen-bond acceptors (Lipinski definition) is 6. The molecule has 0 bridgehead atoms. The SMILES string of the molecule is NCC(=O)O.O=C(O)c1cccnc1.O=C(O)c1cccnc1.[Cr]. The molecule has 5 N–H and O–H groups in total. The van der Waals surface area contributed by atoms with E-state index in [0.29, 0.717) is 0 Å². The average molecular weight is 373 g/mol. The fourth-order valence-corrected chi connectivity index (χ4v) is 0.979. The molecule has 0 fully saturated rings. The Morgan fingerprint density at radius 3 is 1.33 bits per heavy atom. The van der Waals surface area contributed by atoms with Gasteiger partial charge in [-0.25, -0.2) is 9.59 Å². The molecular formula is C14H15CrN3O6. The van der Waals surface area contributed by atoms with Crippen LogP contribution in [0.15, 0.2) is 49.1 Å². The minimum Gasteiger partial charge on any atom is -0.480 e.